The van der Waals surface area contributed by atoms with Crippen molar-refractivity contribution < 1.29 is 8.42 Å². The van der Waals surface area contributed by atoms with Gasteiger partial charge in [0.2, 0.25) is 0 Å². The molecule has 1 fully saturated rings. The zero-order valence-electron chi connectivity index (χ0n) is 8.40. The average molecular weight is 221 g/mol. The van der Waals surface area contributed by atoms with E-state index in [0.29, 0.717) is 12.8 Å². The van der Waals surface area contributed by atoms with Crippen molar-refractivity contribution in [3.63, 3.8) is 0 Å². The second-order valence-electron chi connectivity index (χ2n) is 3.92. The molecule has 0 atom stereocenters. The number of rotatable bonds is 2. The summed E-state index contributed by atoms with van der Waals surface area (Å²) >= 11 is 0. The van der Waals surface area contributed by atoms with Crippen molar-refractivity contribution >= 4 is 9.84 Å². The van der Waals surface area contributed by atoms with Gasteiger partial charge in [0.05, 0.1) is 11.0 Å². The lowest BCUT2D eigenvalue weighted by Gasteiger charge is -2.08. The molecule has 0 unspecified atom stereocenters. The van der Waals surface area contributed by atoms with E-state index in [2.05, 4.69) is 0 Å². The normalized spacial score (nSPS) is 18.1. The maximum atomic E-state index is 12.0. The van der Waals surface area contributed by atoms with Crippen LogP contribution >= 0.6 is 0 Å². The number of benzene rings is 1. The van der Waals surface area contributed by atoms with Crippen molar-refractivity contribution in [3.8, 4) is 6.07 Å². The molecule has 1 aromatic rings. The molecule has 0 radical (unpaired) electrons. The van der Waals surface area contributed by atoms with Gasteiger partial charge >= 0.3 is 0 Å². The molecule has 4 heteroatoms. The monoisotopic (exact) mass is 221 g/mol. The molecule has 0 bridgehead atoms. The summed E-state index contributed by atoms with van der Waals surface area (Å²) in [7, 11) is -3.46. The molecule has 78 valence electrons. The Kier molecular flexibility index (Phi) is 2.09. The van der Waals surface area contributed by atoms with Crippen LogP contribution in [0.3, 0.4) is 0 Å². The van der Waals surface area contributed by atoms with Crippen molar-refractivity contribution in [2.24, 2.45) is 0 Å². The van der Waals surface area contributed by atoms with Crippen LogP contribution < -0.4 is 0 Å². The predicted molar refractivity (Wildman–Crippen MR) is 55.9 cm³/mol. The average Bonchev–Trinajstić information content (AvgIpc) is 2.99. The van der Waals surface area contributed by atoms with E-state index in [-0.39, 0.29) is 4.90 Å². The third-order valence-corrected chi connectivity index (χ3v) is 5.17. The minimum absolute atomic E-state index is 0.257. The van der Waals surface area contributed by atoms with Crippen LogP contribution in [0.5, 0.6) is 0 Å². The first-order chi connectivity index (χ1) is 7.02. The number of aryl methyl sites for hydroxylation is 1. The van der Waals surface area contributed by atoms with Gasteiger partial charge in [0.1, 0.15) is 0 Å². The second-order valence-corrected chi connectivity index (χ2v) is 6.18. The summed E-state index contributed by atoms with van der Waals surface area (Å²) in [6.07, 6.45) is 0.916. The van der Waals surface area contributed by atoms with E-state index >= 15 is 0 Å². The molecule has 2 rings (SSSR count). The van der Waals surface area contributed by atoms with Crippen molar-refractivity contribution in [1.29, 1.82) is 5.26 Å². The van der Waals surface area contributed by atoms with Crippen LogP contribution in [-0.4, -0.2) is 13.2 Å². The van der Waals surface area contributed by atoms with Gasteiger partial charge in [-0.05, 0) is 31.9 Å². The van der Waals surface area contributed by atoms with Crippen LogP contribution in [0.4, 0.5) is 0 Å². The van der Waals surface area contributed by atoms with Gasteiger partial charge in [-0.2, -0.15) is 5.26 Å². The fraction of sp³-hybridized carbons (Fsp3) is 0.364. The van der Waals surface area contributed by atoms with E-state index in [9.17, 15) is 8.42 Å². The third kappa shape index (κ3) is 1.44. The molecule has 15 heavy (non-hydrogen) atoms. The highest BCUT2D eigenvalue weighted by Crippen LogP contribution is 2.46. The van der Waals surface area contributed by atoms with Gasteiger partial charge in [-0.1, -0.05) is 17.7 Å². The molecule has 3 nitrogen and oxygen atoms in total. The van der Waals surface area contributed by atoms with Gasteiger partial charge in [-0.15, -0.1) is 0 Å². The summed E-state index contributed by atoms with van der Waals surface area (Å²) in [5.74, 6) is 0. The van der Waals surface area contributed by atoms with Crippen LogP contribution in [0, 0.1) is 18.3 Å². The SMILES string of the molecule is Cc1ccc(S(=O)(=O)C2(C#N)CC2)cc1. The quantitative estimate of drug-likeness (QED) is 0.765. The Hall–Kier alpha value is -1.34. The molecule has 0 amide bonds. The Balaban J connectivity index is 2.48. The molecule has 0 aromatic heterocycles. The lowest BCUT2D eigenvalue weighted by molar-refractivity contribution is 0.588. The zero-order valence-corrected chi connectivity index (χ0v) is 9.21. The van der Waals surface area contributed by atoms with E-state index in [1.165, 1.54) is 0 Å². The third-order valence-electron chi connectivity index (χ3n) is 2.75. The predicted octanol–water partition coefficient (Wildman–Crippen LogP) is 1.82. The lowest BCUT2D eigenvalue weighted by atomic mass is 10.2. The maximum absolute atomic E-state index is 12.0. The van der Waals surface area contributed by atoms with Crippen LogP contribution in [0.2, 0.25) is 0 Å². The van der Waals surface area contributed by atoms with Gasteiger partial charge < -0.3 is 0 Å². The fourth-order valence-electron chi connectivity index (χ4n) is 1.50. The van der Waals surface area contributed by atoms with E-state index in [0.717, 1.165) is 5.56 Å². The standard InChI is InChI=1S/C11H11NO2S/c1-9-2-4-10(5-3-9)15(13,14)11(8-12)6-7-11/h2-5H,6-7H2,1H3. The van der Waals surface area contributed by atoms with Crippen LogP contribution in [0.25, 0.3) is 0 Å². The molecular formula is C11H11NO2S. The molecule has 1 aliphatic carbocycles. The van der Waals surface area contributed by atoms with E-state index in [1.807, 2.05) is 13.0 Å². The largest absolute Gasteiger partial charge is 0.222 e. The first kappa shape index (κ1) is 10.2. The van der Waals surface area contributed by atoms with Gasteiger partial charge in [0, 0.05) is 0 Å². The summed E-state index contributed by atoms with van der Waals surface area (Å²) in [5.41, 5.74) is 1.01. The topological polar surface area (TPSA) is 57.9 Å². The number of hydrogen-bond donors (Lipinski definition) is 0. The first-order valence-corrected chi connectivity index (χ1v) is 6.23. The molecule has 0 spiro atoms. The Morgan fingerprint density at radius 1 is 1.27 bits per heavy atom. The van der Waals surface area contributed by atoms with Crippen molar-refractivity contribution in [2.75, 3.05) is 0 Å². The molecule has 1 aromatic carbocycles. The van der Waals surface area contributed by atoms with E-state index in [4.69, 9.17) is 5.26 Å². The maximum Gasteiger partial charge on any atom is 0.197 e. The summed E-state index contributed by atoms with van der Waals surface area (Å²) < 4.78 is 22.9. The van der Waals surface area contributed by atoms with Crippen molar-refractivity contribution in [1.82, 2.24) is 0 Å². The first-order valence-electron chi connectivity index (χ1n) is 4.74. The van der Waals surface area contributed by atoms with Gasteiger partial charge in [-0.3, -0.25) is 0 Å². The molecule has 0 aliphatic heterocycles. The highest BCUT2D eigenvalue weighted by molar-refractivity contribution is 7.93. The highest BCUT2D eigenvalue weighted by Gasteiger charge is 2.55. The number of nitriles is 1. The molecule has 1 saturated carbocycles. The lowest BCUT2D eigenvalue weighted by Crippen LogP contribution is -2.21. The van der Waals surface area contributed by atoms with E-state index in [1.54, 1.807) is 24.3 Å². The van der Waals surface area contributed by atoms with Crippen LogP contribution in [0.1, 0.15) is 18.4 Å². The van der Waals surface area contributed by atoms with Gasteiger partial charge in [0.15, 0.2) is 14.6 Å². The fourth-order valence-corrected chi connectivity index (χ4v) is 3.20. The summed E-state index contributed by atoms with van der Waals surface area (Å²) in [4.78, 5) is 0.257. The zero-order chi connectivity index (χ0) is 11.1. The minimum Gasteiger partial charge on any atom is -0.222 e. The Labute approximate surface area is 89.3 Å². The summed E-state index contributed by atoms with van der Waals surface area (Å²) in [6, 6.07) is 8.56. The second kappa shape index (κ2) is 3.07. The van der Waals surface area contributed by atoms with Crippen molar-refractivity contribution in [3.05, 3.63) is 29.8 Å². The number of sulfone groups is 1. The Morgan fingerprint density at radius 2 is 1.80 bits per heavy atom. The smallest absolute Gasteiger partial charge is 0.197 e. The Bertz CT molecular complexity index is 519. The minimum atomic E-state index is -3.46. The van der Waals surface area contributed by atoms with Crippen molar-refractivity contribution in [2.45, 2.75) is 29.4 Å². The molecular weight excluding hydrogens is 210 g/mol. The molecule has 0 saturated heterocycles. The van der Waals surface area contributed by atoms with Crippen LogP contribution in [-0.2, 0) is 9.84 Å². The van der Waals surface area contributed by atoms with Gasteiger partial charge in [-0.25, -0.2) is 8.42 Å². The summed E-state index contributed by atoms with van der Waals surface area (Å²) in [6.45, 7) is 1.90. The highest BCUT2D eigenvalue weighted by atomic mass is 32.2. The molecule has 1 aliphatic rings. The molecule has 0 heterocycles. The summed E-state index contributed by atoms with van der Waals surface area (Å²) in [5, 5.41) is 8.88. The number of hydrogen-bond acceptors (Lipinski definition) is 3. The van der Waals surface area contributed by atoms with E-state index < -0.39 is 14.6 Å². The Morgan fingerprint density at radius 3 is 2.20 bits per heavy atom. The van der Waals surface area contributed by atoms with Gasteiger partial charge in [0.25, 0.3) is 0 Å². The number of nitrogens with zero attached hydrogens (tertiary/aromatic N) is 1. The molecule has 0 N–H and O–H groups in total. The van der Waals surface area contributed by atoms with Crippen LogP contribution in [0.15, 0.2) is 29.2 Å².